The summed E-state index contributed by atoms with van der Waals surface area (Å²) in [7, 11) is 0. The maximum absolute atomic E-state index is 13.7. The Hall–Kier alpha value is -3.45. The zero-order chi connectivity index (χ0) is 19.6. The zero-order valence-corrected chi connectivity index (χ0v) is 15.8. The molecule has 0 bridgehead atoms. The molecule has 7 heteroatoms. The molecule has 0 spiro atoms. The fraction of sp³-hybridized carbons (Fsp3) is 0.182. The smallest absolute Gasteiger partial charge is 0.227 e. The summed E-state index contributed by atoms with van der Waals surface area (Å²) in [5.74, 6) is 0.235. The molecule has 4 aromatic rings. The van der Waals surface area contributed by atoms with Crippen LogP contribution in [0.5, 0.6) is 0 Å². The van der Waals surface area contributed by atoms with Crippen molar-refractivity contribution in [1.82, 2.24) is 20.3 Å². The van der Waals surface area contributed by atoms with Gasteiger partial charge in [0, 0.05) is 66.4 Å². The third-order valence-corrected chi connectivity index (χ3v) is 5.18. The highest BCUT2D eigenvalue weighted by Gasteiger charge is 2.11. The van der Waals surface area contributed by atoms with Crippen molar-refractivity contribution in [3.63, 3.8) is 0 Å². The Morgan fingerprint density at radius 3 is 2.66 bits per heavy atom. The van der Waals surface area contributed by atoms with Gasteiger partial charge in [-0.2, -0.15) is 0 Å². The van der Waals surface area contributed by atoms with Crippen LogP contribution in [0.3, 0.4) is 0 Å². The first-order chi connectivity index (χ1) is 14.3. The summed E-state index contributed by atoms with van der Waals surface area (Å²) in [6.07, 6.45) is 3.55. The monoisotopic (exact) mass is 388 g/mol. The van der Waals surface area contributed by atoms with Gasteiger partial charge in [0.05, 0.1) is 5.69 Å². The van der Waals surface area contributed by atoms with E-state index in [4.69, 9.17) is 0 Å². The van der Waals surface area contributed by atoms with Crippen molar-refractivity contribution < 1.29 is 4.39 Å². The number of aromatic nitrogens is 3. The molecule has 2 aromatic heterocycles. The number of nitrogens with zero attached hydrogens (tertiary/aromatic N) is 3. The topological polar surface area (TPSA) is 68.9 Å². The molecule has 3 N–H and O–H groups in total. The van der Waals surface area contributed by atoms with Crippen molar-refractivity contribution in [3.05, 3.63) is 66.7 Å². The van der Waals surface area contributed by atoms with Crippen molar-refractivity contribution in [1.29, 1.82) is 0 Å². The van der Waals surface area contributed by atoms with Gasteiger partial charge in [0.2, 0.25) is 5.95 Å². The molecule has 0 saturated carbocycles. The Labute approximate surface area is 167 Å². The van der Waals surface area contributed by atoms with E-state index >= 15 is 0 Å². The Kier molecular flexibility index (Phi) is 4.57. The third kappa shape index (κ3) is 3.64. The second-order valence-electron chi connectivity index (χ2n) is 7.07. The van der Waals surface area contributed by atoms with E-state index in [9.17, 15) is 4.39 Å². The van der Waals surface area contributed by atoms with Crippen molar-refractivity contribution >= 4 is 28.2 Å². The second-order valence-corrected chi connectivity index (χ2v) is 7.07. The maximum Gasteiger partial charge on any atom is 0.227 e. The molecule has 1 fully saturated rings. The average Bonchev–Trinajstić information content (AvgIpc) is 3.18. The average molecular weight is 388 g/mol. The van der Waals surface area contributed by atoms with E-state index in [1.54, 1.807) is 12.3 Å². The largest absolute Gasteiger partial charge is 0.369 e. The first kappa shape index (κ1) is 17.6. The number of hydrogen-bond donors (Lipinski definition) is 3. The highest BCUT2D eigenvalue weighted by atomic mass is 19.1. The lowest BCUT2D eigenvalue weighted by molar-refractivity contribution is 0.589. The standard InChI is InChI=1S/C22H21FN6/c23-15-1-6-20-18(13-15)19(14-26-20)21-7-8-25-22(28-21)27-16-2-4-17(5-3-16)29-11-9-24-10-12-29/h1-8,13-14,24,26H,9-12H2,(H,25,27,28). The van der Waals surface area contributed by atoms with E-state index in [0.717, 1.165) is 54.0 Å². The molecule has 0 radical (unpaired) electrons. The Morgan fingerprint density at radius 1 is 1.00 bits per heavy atom. The van der Waals surface area contributed by atoms with Gasteiger partial charge in [-0.1, -0.05) is 0 Å². The minimum atomic E-state index is -0.268. The summed E-state index contributed by atoms with van der Waals surface area (Å²) in [6, 6.07) is 14.8. The number of halogens is 1. The maximum atomic E-state index is 13.7. The van der Waals surface area contributed by atoms with Crippen LogP contribution in [0.25, 0.3) is 22.2 Å². The second kappa shape index (κ2) is 7.52. The molecule has 0 aliphatic carbocycles. The molecule has 0 unspecified atom stereocenters. The molecule has 6 nitrogen and oxygen atoms in total. The number of piperazine rings is 1. The van der Waals surface area contributed by atoms with Crippen molar-refractivity contribution in [2.24, 2.45) is 0 Å². The molecular formula is C22H21FN6. The van der Waals surface area contributed by atoms with Crippen LogP contribution in [0.2, 0.25) is 0 Å². The molecule has 0 amide bonds. The number of rotatable bonds is 4. The predicted octanol–water partition coefficient (Wildman–Crippen LogP) is 3.92. The first-order valence-electron chi connectivity index (χ1n) is 9.69. The molecule has 29 heavy (non-hydrogen) atoms. The van der Waals surface area contributed by atoms with Crippen molar-refractivity contribution in [2.75, 3.05) is 36.4 Å². The van der Waals surface area contributed by atoms with Gasteiger partial charge in [-0.05, 0) is 48.5 Å². The van der Waals surface area contributed by atoms with E-state index in [2.05, 4.69) is 42.6 Å². The lowest BCUT2D eigenvalue weighted by Crippen LogP contribution is -2.43. The fourth-order valence-corrected chi connectivity index (χ4v) is 3.68. The van der Waals surface area contributed by atoms with E-state index in [1.165, 1.54) is 17.8 Å². The van der Waals surface area contributed by atoms with Crippen molar-refractivity contribution in [3.8, 4) is 11.3 Å². The SMILES string of the molecule is Fc1ccc2[nH]cc(-c3ccnc(Nc4ccc(N5CCNCC5)cc4)n3)c2c1. The number of fused-ring (bicyclic) bond motifs is 1. The van der Waals surface area contributed by atoms with Crippen LogP contribution in [0.4, 0.5) is 21.7 Å². The van der Waals surface area contributed by atoms with Crippen LogP contribution in [-0.2, 0) is 0 Å². The van der Waals surface area contributed by atoms with Gasteiger partial charge < -0.3 is 20.5 Å². The number of benzene rings is 2. The van der Waals surface area contributed by atoms with Gasteiger partial charge in [0.15, 0.2) is 0 Å². The van der Waals surface area contributed by atoms with E-state index in [1.807, 2.05) is 24.4 Å². The molecule has 1 aliphatic rings. The zero-order valence-electron chi connectivity index (χ0n) is 15.8. The van der Waals surface area contributed by atoms with Crippen LogP contribution in [0.15, 0.2) is 60.9 Å². The van der Waals surface area contributed by atoms with Gasteiger partial charge >= 0.3 is 0 Å². The van der Waals surface area contributed by atoms with E-state index < -0.39 is 0 Å². The summed E-state index contributed by atoms with van der Waals surface area (Å²) in [6.45, 7) is 4.06. The van der Waals surface area contributed by atoms with Gasteiger partial charge in [0.25, 0.3) is 0 Å². The van der Waals surface area contributed by atoms with E-state index in [-0.39, 0.29) is 5.82 Å². The molecule has 2 aromatic carbocycles. The summed E-state index contributed by atoms with van der Waals surface area (Å²) in [5, 5.41) is 7.43. The number of hydrogen-bond acceptors (Lipinski definition) is 5. The van der Waals surface area contributed by atoms with E-state index in [0.29, 0.717) is 5.95 Å². The highest BCUT2D eigenvalue weighted by Crippen LogP contribution is 2.28. The lowest BCUT2D eigenvalue weighted by atomic mass is 10.1. The summed E-state index contributed by atoms with van der Waals surface area (Å²) >= 11 is 0. The van der Waals surface area contributed by atoms with Gasteiger partial charge in [0.1, 0.15) is 5.82 Å². The minimum Gasteiger partial charge on any atom is -0.369 e. The normalized spacial score (nSPS) is 14.3. The van der Waals surface area contributed by atoms with Crippen LogP contribution < -0.4 is 15.5 Å². The van der Waals surface area contributed by atoms with Gasteiger partial charge in [-0.15, -0.1) is 0 Å². The number of nitrogens with one attached hydrogen (secondary N) is 3. The Balaban J connectivity index is 1.38. The summed E-state index contributed by atoms with van der Waals surface area (Å²) in [4.78, 5) is 14.5. The highest BCUT2D eigenvalue weighted by molar-refractivity contribution is 5.94. The van der Waals surface area contributed by atoms with Crippen molar-refractivity contribution in [2.45, 2.75) is 0 Å². The summed E-state index contributed by atoms with van der Waals surface area (Å²) in [5.41, 5.74) is 4.59. The van der Waals surface area contributed by atoms with Crippen LogP contribution in [0.1, 0.15) is 0 Å². The van der Waals surface area contributed by atoms with Crippen LogP contribution >= 0.6 is 0 Å². The molecule has 5 rings (SSSR count). The number of anilines is 3. The fourth-order valence-electron chi connectivity index (χ4n) is 3.68. The summed E-state index contributed by atoms with van der Waals surface area (Å²) < 4.78 is 13.7. The molecular weight excluding hydrogens is 367 g/mol. The predicted molar refractivity (Wildman–Crippen MR) is 114 cm³/mol. The molecule has 0 atom stereocenters. The Morgan fingerprint density at radius 2 is 1.83 bits per heavy atom. The number of aromatic amines is 1. The van der Waals surface area contributed by atoms with Gasteiger partial charge in [-0.3, -0.25) is 0 Å². The van der Waals surface area contributed by atoms with Gasteiger partial charge in [-0.25, -0.2) is 14.4 Å². The molecule has 3 heterocycles. The third-order valence-electron chi connectivity index (χ3n) is 5.18. The molecule has 1 saturated heterocycles. The molecule has 1 aliphatic heterocycles. The van der Waals surface area contributed by atoms with Crippen LogP contribution in [0, 0.1) is 5.82 Å². The Bertz CT molecular complexity index is 1130. The molecule has 146 valence electrons. The first-order valence-corrected chi connectivity index (χ1v) is 9.69. The quantitative estimate of drug-likeness (QED) is 0.494. The lowest BCUT2D eigenvalue weighted by Gasteiger charge is -2.29. The van der Waals surface area contributed by atoms with Crippen LogP contribution in [-0.4, -0.2) is 41.1 Å². The minimum absolute atomic E-state index is 0.268. The number of H-pyrrole nitrogens is 1.